The number of phenolic OH excluding ortho intramolecular Hbond substituents is 1. The molecule has 1 aromatic carbocycles. The number of aromatic hydroxyl groups is 1. The third kappa shape index (κ3) is 8.19. The predicted molar refractivity (Wildman–Crippen MR) is 132 cm³/mol. The number of rotatable bonds is 16. The van der Waals surface area contributed by atoms with E-state index in [0.717, 1.165) is 81.6 Å². The maximum absolute atomic E-state index is 13.3. The second kappa shape index (κ2) is 13.3. The summed E-state index contributed by atoms with van der Waals surface area (Å²) in [7, 11) is 0. The maximum atomic E-state index is 13.3. The molecule has 3 N–H and O–H groups in total. The number of phenols is 1. The second-order valence-electron chi connectivity index (χ2n) is 9.05. The van der Waals surface area contributed by atoms with E-state index in [2.05, 4.69) is 27.7 Å². The monoisotopic (exact) mass is 439 g/mol. The number of carbonyl (C=O) groups excluding carboxylic acids is 1. The van der Waals surface area contributed by atoms with Crippen LogP contribution < -0.4 is 5.73 Å². The summed E-state index contributed by atoms with van der Waals surface area (Å²) in [5.74, 6) is -0.00162. The Bertz CT molecular complexity index is 574. The fourth-order valence-electron chi connectivity index (χ4n) is 4.38. The van der Waals surface area contributed by atoms with Crippen LogP contribution in [0.2, 0.25) is 0 Å². The number of nitrogens with two attached hydrogens (primary N) is 1. The van der Waals surface area contributed by atoms with Crippen molar-refractivity contribution in [2.24, 2.45) is 5.73 Å². The van der Waals surface area contributed by atoms with Gasteiger partial charge in [-0.1, -0.05) is 0 Å². The van der Waals surface area contributed by atoms with E-state index < -0.39 is 12.9 Å². The topological polar surface area (TPSA) is 72.5 Å². The normalized spacial score (nSPS) is 14.1. The van der Waals surface area contributed by atoms with Crippen molar-refractivity contribution in [2.45, 2.75) is 91.5 Å². The summed E-state index contributed by atoms with van der Waals surface area (Å²) in [6.45, 7) is 6.25. The predicted octanol–water partition coefficient (Wildman–Crippen LogP) is 6.47. The molecule has 174 valence electrons. The number of carbonyl (C=O) groups is 1. The Kier molecular flexibility index (Phi) is 12.0. The molecule has 1 aromatic rings. The number of hydrogen-bond donors (Lipinski definition) is 2. The van der Waals surface area contributed by atoms with E-state index >= 15 is 0 Å². The second-order valence-corrected chi connectivity index (χ2v) is 14.7. The molecule has 1 atom stereocenters. The van der Waals surface area contributed by atoms with Gasteiger partial charge in [0.15, 0.2) is 0 Å². The quantitative estimate of drug-likeness (QED) is 0.289. The van der Waals surface area contributed by atoms with Gasteiger partial charge < -0.3 is 0 Å². The average Bonchev–Trinajstić information content (AvgIpc) is 2.75. The van der Waals surface area contributed by atoms with Crippen LogP contribution in [0.25, 0.3) is 0 Å². The molecule has 30 heavy (non-hydrogen) atoms. The zero-order valence-corrected chi connectivity index (χ0v) is 20.8. The Morgan fingerprint density at radius 1 is 0.867 bits per heavy atom. The molecule has 0 unspecified atom stereocenters. The zero-order valence-electron chi connectivity index (χ0n) is 19.9. The SMILES string of the molecule is CCCCP(CCCC)(CCCC)(CCCC)OC(=O)[C@H](N)Cc1ccc(O)cc1. The molecule has 0 aliphatic carbocycles. The van der Waals surface area contributed by atoms with E-state index in [1.54, 1.807) is 12.1 Å². The van der Waals surface area contributed by atoms with Gasteiger partial charge in [0.1, 0.15) is 0 Å². The summed E-state index contributed by atoms with van der Waals surface area (Å²) in [6.07, 6.45) is 13.6. The molecule has 0 heterocycles. The Balaban J connectivity index is 3.16. The first kappa shape index (κ1) is 26.9. The van der Waals surface area contributed by atoms with Crippen LogP contribution in [0.15, 0.2) is 24.3 Å². The molecular weight excluding hydrogens is 393 g/mol. The van der Waals surface area contributed by atoms with Gasteiger partial charge in [0, 0.05) is 0 Å². The molecule has 0 fully saturated rings. The molecule has 0 radical (unpaired) electrons. The fraction of sp³-hybridized carbons (Fsp3) is 0.720. The number of unbranched alkanes of at least 4 members (excludes halogenated alkanes) is 4. The van der Waals surface area contributed by atoms with Gasteiger partial charge >= 0.3 is 185 Å². The first-order valence-electron chi connectivity index (χ1n) is 12.1. The van der Waals surface area contributed by atoms with E-state index in [0.29, 0.717) is 6.42 Å². The summed E-state index contributed by atoms with van der Waals surface area (Å²) >= 11 is 0. The third-order valence-corrected chi connectivity index (χ3v) is 12.8. The van der Waals surface area contributed by atoms with Crippen LogP contribution in [-0.4, -0.2) is 41.8 Å². The zero-order chi connectivity index (χ0) is 22.5. The molecule has 0 amide bonds. The molecule has 0 spiro atoms. The van der Waals surface area contributed by atoms with E-state index in [1.807, 2.05) is 12.1 Å². The van der Waals surface area contributed by atoms with E-state index in [1.165, 1.54) is 0 Å². The van der Waals surface area contributed by atoms with Gasteiger partial charge in [-0.15, -0.1) is 0 Å². The molecule has 0 saturated heterocycles. The van der Waals surface area contributed by atoms with Crippen molar-refractivity contribution in [2.75, 3.05) is 24.6 Å². The summed E-state index contributed by atoms with van der Waals surface area (Å²) < 4.78 is 6.71. The average molecular weight is 440 g/mol. The van der Waals surface area contributed by atoms with Crippen LogP contribution in [0.3, 0.4) is 0 Å². The van der Waals surface area contributed by atoms with E-state index in [9.17, 15) is 9.90 Å². The third-order valence-electron chi connectivity index (χ3n) is 6.35. The Morgan fingerprint density at radius 2 is 1.27 bits per heavy atom. The first-order chi connectivity index (χ1) is 14.3. The summed E-state index contributed by atoms with van der Waals surface area (Å²) in [5, 5.41) is 9.50. The van der Waals surface area contributed by atoms with Crippen LogP contribution in [-0.2, 0) is 15.7 Å². The van der Waals surface area contributed by atoms with Crippen LogP contribution in [0.1, 0.15) is 84.6 Å². The minimum absolute atomic E-state index is 0.220. The molecule has 4 nitrogen and oxygen atoms in total. The standard InChI is InChI=1S/C25H46NO3P/c1-5-9-17-30(18-10-6-2,19-11-7-3,20-12-8-4)29-25(28)24(26)21-22-13-15-23(27)16-14-22/h13-16,24,27H,5-12,17-21,26H2,1-4H3/t24-/m1/s1. The first-order valence-corrected chi connectivity index (χ1v) is 15.0. The van der Waals surface area contributed by atoms with Crippen LogP contribution in [0.4, 0.5) is 0 Å². The van der Waals surface area contributed by atoms with Crippen molar-refractivity contribution in [3.8, 4) is 5.75 Å². The van der Waals surface area contributed by atoms with Crippen LogP contribution in [0, 0.1) is 0 Å². The van der Waals surface area contributed by atoms with Crippen molar-refractivity contribution in [3.05, 3.63) is 29.8 Å². The van der Waals surface area contributed by atoms with E-state index in [-0.39, 0.29) is 11.7 Å². The molecule has 0 aromatic heterocycles. The summed E-state index contributed by atoms with van der Waals surface area (Å²) in [4.78, 5) is 13.3. The summed E-state index contributed by atoms with van der Waals surface area (Å²) in [5.41, 5.74) is 7.30. The fourth-order valence-corrected chi connectivity index (χ4v) is 11.2. The Labute approximate surface area is 185 Å². The molecule has 1 rings (SSSR count). The van der Waals surface area contributed by atoms with Crippen molar-refractivity contribution >= 4 is 12.8 Å². The Morgan fingerprint density at radius 3 is 1.63 bits per heavy atom. The van der Waals surface area contributed by atoms with Gasteiger partial charge in [-0.2, -0.15) is 0 Å². The van der Waals surface area contributed by atoms with Gasteiger partial charge in [0.2, 0.25) is 0 Å². The van der Waals surface area contributed by atoms with Gasteiger partial charge in [0.25, 0.3) is 0 Å². The molecule has 5 heteroatoms. The molecular formula is C25H46NO3P. The van der Waals surface area contributed by atoms with Crippen LogP contribution in [0.5, 0.6) is 5.75 Å². The van der Waals surface area contributed by atoms with Gasteiger partial charge in [-0.25, -0.2) is 0 Å². The van der Waals surface area contributed by atoms with Crippen LogP contribution >= 0.6 is 6.83 Å². The molecule has 0 bridgehead atoms. The van der Waals surface area contributed by atoms with Gasteiger partial charge in [-0.05, 0) is 0 Å². The molecule has 0 saturated carbocycles. The number of benzene rings is 1. The van der Waals surface area contributed by atoms with Crippen molar-refractivity contribution < 1.29 is 14.4 Å². The van der Waals surface area contributed by atoms with Crippen molar-refractivity contribution in [1.29, 1.82) is 0 Å². The Hall–Kier alpha value is -1.12. The number of hydrogen-bond acceptors (Lipinski definition) is 4. The van der Waals surface area contributed by atoms with E-state index in [4.69, 9.17) is 10.3 Å². The van der Waals surface area contributed by atoms with Crippen molar-refractivity contribution in [1.82, 2.24) is 0 Å². The van der Waals surface area contributed by atoms with Gasteiger partial charge in [-0.3, -0.25) is 0 Å². The van der Waals surface area contributed by atoms with Gasteiger partial charge in [0.05, 0.1) is 0 Å². The van der Waals surface area contributed by atoms with Crippen molar-refractivity contribution in [3.63, 3.8) is 0 Å². The summed E-state index contributed by atoms with van der Waals surface area (Å²) in [6, 6.07) is 6.26. The molecule has 0 aliphatic heterocycles. The molecule has 0 aliphatic rings. The minimum atomic E-state index is -2.65.